The second-order valence-electron chi connectivity index (χ2n) is 7.71. The lowest BCUT2D eigenvalue weighted by Gasteiger charge is -2.19. The summed E-state index contributed by atoms with van der Waals surface area (Å²) in [5.74, 6) is -0.274. The van der Waals surface area contributed by atoms with Gasteiger partial charge in [-0.15, -0.1) is 0 Å². The number of nitrogens with one attached hydrogen (secondary N) is 2. The molecule has 214 valence electrons. The lowest BCUT2D eigenvalue weighted by Crippen LogP contribution is -2.29. The fourth-order valence-electron chi connectivity index (χ4n) is 2.69. The highest BCUT2D eigenvalue weighted by Gasteiger charge is 2.10. The maximum atomic E-state index is 11.9. The van der Waals surface area contributed by atoms with Gasteiger partial charge in [-0.05, 0) is 25.7 Å². The third kappa shape index (κ3) is 23.3. The molecule has 2 N–H and O–H groups in total. The van der Waals surface area contributed by atoms with E-state index in [1.807, 2.05) is 0 Å². The van der Waals surface area contributed by atoms with Gasteiger partial charge in [0.2, 0.25) is 11.8 Å². The van der Waals surface area contributed by atoms with Crippen LogP contribution in [-0.4, -0.2) is 105 Å². The average Bonchev–Trinajstić information content (AvgIpc) is 2.85. The second-order valence-corrected chi connectivity index (χ2v) is 9.22. The van der Waals surface area contributed by atoms with Crippen molar-refractivity contribution in [3.8, 4) is 0 Å². The van der Waals surface area contributed by atoms with Crippen LogP contribution in [0.25, 0.3) is 0 Å². The van der Waals surface area contributed by atoms with Gasteiger partial charge in [-0.25, -0.2) is 0 Å². The van der Waals surface area contributed by atoms with E-state index in [2.05, 4.69) is 19.7 Å². The minimum absolute atomic E-state index is 0.00173. The Balaban J connectivity index is 3.71. The van der Waals surface area contributed by atoms with Gasteiger partial charge in [0.15, 0.2) is 0 Å². The van der Waals surface area contributed by atoms with Crippen molar-refractivity contribution in [3.63, 3.8) is 0 Å². The second kappa shape index (κ2) is 24.2. The maximum Gasteiger partial charge on any atom is 0.267 e. The number of phosphoric acid groups is 1. The monoisotopic (exact) mass is 543 g/mol. The molecule has 0 aliphatic carbocycles. The molecule has 2 atom stereocenters. The zero-order chi connectivity index (χ0) is 26.9. The van der Waals surface area contributed by atoms with Gasteiger partial charge in [-0.3, -0.25) is 14.2 Å². The summed E-state index contributed by atoms with van der Waals surface area (Å²) in [7, 11) is 0.0572. The van der Waals surface area contributed by atoms with Crippen LogP contribution in [0, 0.1) is 0 Å². The summed E-state index contributed by atoms with van der Waals surface area (Å²) in [6.45, 7) is 4.04. The molecule has 0 rings (SSSR count). The number of hydrogen-bond acceptors (Lipinski definition) is 11. The van der Waals surface area contributed by atoms with E-state index < -0.39 is 7.82 Å². The van der Waals surface area contributed by atoms with Crippen LogP contribution in [0.1, 0.15) is 38.5 Å². The zero-order valence-corrected chi connectivity index (χ0v) is 22.7. The molecule has 0 aliphatic heterocycles. The van der Waals surface area contributed by atoms with Crippen LogP contribution in [0.15, 0.2) is 0 Å². The van der Waals surface area contributed by atoms with Gasteiger partial charge in [-0.2, -0.15) is 0 Å². The van der Waals surface area contributed by atoms with Crippen molar-refractivity contribution in [3.05, 3.63) is 0 Å². The molecule has 14 heteroatoms. The first-order valence-electron chi connectivity index (χ1n) is 12.1. The molecule has 2 amide bonds. The van der Waals surface area contributed by atoms with Crippen LogP contribution in [0.2, 0.25) is 0 Å². The number of amides is 2. The van der Waals surface area contributed by atoms with E-state index in [1.54, 1.807) is 14.2 Å². The van der Waals surface area contributed by atoms with Crippen molar-refractivity contribution in [2.24, 2.45) is 0 Å². The Morgan fingerprint density at radius 2 is 1.33 bits per heavy atom. The maximum absolute atomic E-state index is 11.9. The largest absolute Gasteiger partial charge is 0.756 e. The molecule has 13 nitrogen and oxygen atoms in total. The van der Waals surface area contributed by atoms with Crippen LogP contribution in [0.5, 0.6) is 0 Å². The lowest BCUT2D eigenvalue weighted by atomic mass is 10.2. The van der Waals surface area contributed by atoms with Gasteiger partial charge in [0.1, 0.15) is 6.10 Å². The van der Waals surface area contributed by atoms with E-state index in [0.29, 0.717) is 85.0 Å². The SMILES string of the molecule is COCCOCC(COCCCNC(=O)CCCC(=O)NCCCCOP(=O)([O-])OC)OCCOC. The first-order valence-corrected chi connectivity index (χ1v) is 13.6. The van der Waals surface area contributed by atoms with Crippen molar-refractivity contribution >= 4 is 19.6 Å². The van der Waals surface area contributed by atoms with Gasteiger partial charge in [0, 0.05) is 53.9 Å². The van der Waals surface area contributed by atoms with E-state index in [4.69, 9.17) is 23.7 Å². The summed E-state index contributed by atoms with van der Waals surface area (Å²) in [6, 6.07) is 0. The lowest BCUT2D eigenvalue weighted by molar-refractivity contribution is -0.223. The quantitative estimate of drug-likeness (QED) is 0.115. The number of carbonyl (C=O) groups is 2. The number of hydrogen-bond donors (Lipinski definition) is 2. The minimum atomic E-state index is -4.19. The third-order valence-corrected chi connectivity index (χ3v) is 5.59. The molecular formula is C22H44N2O11P-. The Bertz CT molecular complexity index is 598. The van der Waals surface area contributed by atoms with Gasteiger partial charge in [-0.1, -0.05) is 0 Å². The third-order valence-electron chi connectivity index (χ3n) is 4.64. The highest BCUT2D eigenvalue weighted by Crippen LogP contribution is 2.36. The molecular weight excluding hydrogens is 499 g/mol. The molecule has 0 saturated heterocycles. The molecule has 0 fully saturated rings. The molecule has 2 unspecified atom stereocenters. The Labute approximate surface area is 214 Å². The minimum Gasteiger partial charge on any atom is -0.756 e. The van der Waals surface area contributed by atoms with E-state index in [9.17, 15) is 19.0 Å². The van der Waals surface area contributed by atoms with Crippen LogP contribution in [-0.2, 0) is 46.9 Å². The summed E-state index contributed by atoms with van der Waals surface area (Å²) in [5, 5.41) is 5.53. The molecule has 0 aliphatic rings. The molecule has 0 heterocycles. The Hall–Kier alpha value is -1.15. The zero-order valence-electron chi connectivity index (χ0n) is 21.8. The van der Waals surface area contributed by atoms with Crippen molar-refractivity contribution in [2.45, 2.75) is 44.6 Å². The van der Waals surface area contributed by atoms with E-state index in [1.165, 1.54) is 0 Å². The first kappa shape index (κ1) is 34.9. The molecule has 0 radical (unpaired) electrons. The fourth-order valence-corrected chi connectivity index (χ4v) is 3.14. The van der Waals surface area contributed by atoms with Gasteiger partial charge in [0.25, 0.3) is 7.82 Å². The summed E-state index contributed by atoms with van der Waals surface area (Å²) in [4.78, 5) is 34.7. The molecule has 0 spiro atoms. The van der Waals surface area contributed by atoms with Crippen LogP contribution in [0.3, 0.4) is 0 Å². The molecule has 0 aromatic carbocycles. The summed E-state index contributed by atoms with van der Waals surface area (Å²) in [6.07, 6.45) is 2.41. The molecule has 36 heavy (non-hydrogen) atoms. The molecule has 0 aromatic rings. The predicted octanol–water partition coefficient (Wildman–Crippen LogP) is 0.402. The molecule has 0 aromatic heterocycles. The van der Waals surface area contributed by atoms with Crippen molar-refractivity contribution in [2.75, 3.05) is 87.3 Å². The summed E-state index contributed by atoms with van der Waals surface area (Å²) in [5.41, 5.74) is 0. The Kier molecular flexibility index (Phi) is 23.4. The normalized spacial score (nSPS) is 13.8. The standard InChI is InChI=1S/C22H45N2O11P/c1-29-14-16-33-19-20(34-17-15-30-2)18-32-12-7-11-24-22(26)9-6-8-21(25)23-10-4-5-13-35-36(27,28)31-3/h20H,4-19H2,1-3H3,(H,23,25)(H,24,26)(H,27,28)/p-1. The number of carbonyl (C=O) groups excluding carboxylic acids is 2. The van der Waals surface area contributed by atoms with Gasteiger partial charge in [0.05, 0.1) is 46.2 Å². The highest BCUT2D eigenvalue weighted by atomic mass is 31.2. The smallest absolute Gasteiger partial charge is 0.267 e. The number of ether oxygens (including phenoxy) is 5. The van der Waals surface area contributed by atoms with E-state index in [0.717, 1.165) is 7.11 Å². The topological polar surface area (TPSA) is 163 Å². The Morgan fingerprint density at radius 1 is 0.750 bits per heavy atom. The number of unbranched alkanes of at least 4 members (excludes halogenated alkanes) is 1. The molecule has 0 bridgehead atoms. The van der Waals surface area contributed by atoms with Gasteiger partial charge >= 0.3 is 0 Å². The average molecular weight is 544 g/mol. The number of rotatable bonds is 26. The van der Waals surface area contributed by atoms with Crippen LogP contribution < -0.4 is 15.5 Å². The van der Waals surface area contributed by atoms with E-state index in [-0.39, 0.29) is 37.4 Å². The van der Waals surface area contributed by atoms with Crippen LogP contribution >= 0.6 is 7.82 Å². The predicted molar refractivity (Wildman–Crippen MR) is 129 cm³/mol. The van der Waals surface area contributed by atoms with Crippen LogP contribution in [0.4, 0.5) is 0 Å². The fraction of sp³-hybridized carbons (Fsp3) is 0.909. The molecule has 0 saturated carbocycles. The van der Waals surface area contributed by atoms with Crippen molar-refractivity contribution < 1.29 is 51.8 Å². The summed E-state index contributed by atoms with van der Waals surface area (Å²) < 4.78 is 46.5. The number of phosphoric ester groups is 1. The van der Waals surface area contributed by atoms with Crippen molar-refractivity contribution in [1.29, 1.82) is 0 Å². The Morgan fingerprint density at radius 3 is 1.94 bits per heavy atom. The van der Waals surface area contributed by atoms with E-state index >= 15 is 0 Å². The number of methoxy groups -OCH3 is 2. The first-order chi connectivity index (χ1) is 17.3. The van der Waals surface area contributed by atoms with Gasteiger partial charge < -0.3 is 48.3 Å². The highest BCUT2D eigenvalue weighted by molar-refractivity contribution is 7.45. The van der Waals surface area contributed by atoms with Crippen molar-refractivity contribution in [1.82, 2.24) is 10.6 Å². The summed E-state index contributed by atoms with van der Waals surface area (Å²) >= 11 is 0.